The van der Waals surface area contributed by atoms with E-state index in [1.165, 1.54) is 5.56 Å². The van der Waals surface area contributed by atoms with Crippen molar-refractivity contribution in [1.82, 2.24) is 9.80 Å². The molecule has 1 aromatic rings. The van der Waals surface area contributed by atoms with Gasteiger partial charge in [0.15, 0.2) is 11.5 Å². The van der Waals surface area contributed by atoms with Crippen molar-refractivity contribution in [3.05, 3.63) is 35.6 Å². The van der Waals surface area contributed by atoms with Crippen molar-refractivity contribution in [2.75, 3.05) is 41.4 Å². The molecule has 1 aromatic carbocycles. The van der Waals surface area contributed by atoms with Gasteiger partial charge in [-0.1, -0.05) is 6.07 Å². The summed E-state index contributed by atoms with van der Waals surface area (Å²) in [5.41, 5.74) is 1.25. The summed E-state index contributed by atoms with van der Waals surface area (Å²) >= 11 is 0. The molecule has 0 aromatic heterocycles. The highest BCUT2D eigenvalue weighted by atomic mass is 16.6. The van der Waals surface area contributed by atoms with E-state index in [4.69, 9.17) is 14.2 Å². The molecule has 0 bridgehead atoms. The van der Waals surface area contributed by atoms with Crippen molar-refractivity contribution in [2.45, 2.75) is 37.6 Å². The third-order valence-corrected chi connectivity index (χ3v) is 6.08. The topological polar surface area (TPSA) is 51.2 Å². The second-order valence-corrected chi connectivity index (χ2v) is 7.42. The number of benzene rings is 1. The molecule has 148 valence electrons. The quantitative estimate of drug-likeness (QED) is 0.791. The number of methoxy groups -OCH3 is 2. The van der Waals surface area contributed by atoms with Gasteiger partial charge in [0.1, 0.15) is 5.76 Å². The molecule has 1 aliphatic carbocycles. The molecule has 1 fully saturated rings. The van der Waals surface area contributed by atoms with Gasteiger partial charge in [0.25, 0.3) is 0 Å². The number of amides is 1. The number of carbonyl (C=O) groups is 1. The minimum absolute atomic E-state index is 0.000860. The van der Waals surface area contributed by atoms with E-state index in [2.05, 4.69) is 30.2 Å². The fourth-order valence-electron chi connectivity index (χ4n) is 4.26. The van der Waals surface area contributed by atoms with E-state index >= 15 is 0 Å². The Labute approximate surface area is 161 Å². The Morgan fingerprint density at radius 2 is 2.00 bits per heavy atom. The number of nitrogens with zero attached hydrogens (tertiary/aromatic N) is 2. The van der Waals surface area contributed by atoms with E-state index in [0.29, 0.717) is 6.54 Å². The van der Waals surface area contributed by atoms with Gasteiger partial charge in [0.05, 0.1) is 14.2 Å². The van der Waals surface area contributed by atoms with E-state index < -0.39 is 0 Å². The average molecular weight is 374 g/mol. The molecule has 1 saturated heterocycles. The first-order valence-corrected chi connectivity index (χ1v) is 9.51. The van der Waals surface area contributed by atoms with Gasteiger partial charge < -0.3 is 19.1 Å². The highest BCUT2D eigenvalue weighted by Crippen LogP contribution is 2.49. The number of ether oxygens (including phenoxy) is 3. The van der Waals surface area contributed by atoms with E-state index in [1.54, 1.807) is 26.2 Å². The van der Waals surface area contributed by atoms with Crippen LogP contribution in [-0.4, -0.2) is 63.3 Å². The number of rotatable bonds is 5. The third kappa shape index (κ3) is 3.50. The van der Waals surface area contributed by atoms with Gasteiger partial charge in [0, 0.05) is 31.5 Å². The maximum Gasteiger partial charge on any atom is 0.414 e. The standard InChI is InChI=1S/C21H30N2O4/c1-6-22(2)20(24)27-16-9-10-21(11-12-23(3)19(21)14-16)15-7-8-17(25-4)18(13-15)26-5/h7-8,13-14,19H,6,9-12H2,1-5H3/t19-,21-/m0/s1. The second-order valence-electron chi connectivity index (χ2n) is 7.42. The van der Waals surface area contributed by atoms with Crippen LogP contribution in [0.5, 0.6) is 11.5 Å². The molecule has 1 amide bonds. The first kappa shape index (κ1) is 19.5. The van der Waals surface area contributed by atoms with E-state index in [1.807, 2.05) is 13.0 Å². The van der Waals surface area contributed by atoms with Gasteiger partial charge in [0.2, 0.25) is 0 Å². The molecule has 6 nitrogen and oxygen atoms in total. The molecule has 2 aliphatic rings. The lowest BCUT2D eigenvalue weighted by Gasteiger charge is -2.40. The highest BCUT2D eigenvalue weighted by Gasteiger charge is 2.48. The fraction of sp³-hybridized carbons (Fsp3) is 0.571. The SMILES string of the molecule is CCN(C)C(=O)OC1=C[C@@H]2N(C)CC[C@]2(c2ccc(OC)c(OC)c2)CC1. The van der Waals surface area contributed by atoms with E-state index in [-0.39, 0.29) is 17.6 Å². The number of likely N-dealkylation sites (N-methyl/N-ethyl adjacent to an activating group) is 1. The lowest BCUT2D eigenvalue weighted by Crippen LogP contribution is -2.43. The Morgan fingerprint density at radius 3 is 2.67 bits per heavy atom. The number of fused-ring (bicyclic) bond motifs is 1. The van der Waals surface area contributed by atoms with Gasteiger partial charge in [-0.05, 0) is 57.1 Å². The number of allylic oxidation sites excluding steroid dienone is 1. The molecular formula is C21H30N2O4. The molecule has 0 radical (unpaired) electrons. The normalized spacial score (nSPS) is 24.8. The predicted molar refractivity (Wildman–Crippen MR) is 104 cm³/mol. The number of carbonyl (C=O) groups excluding carboxylic acids is 1. The van der Waals surface area contributed by atoms with Crippen LogP contribution < -0.4 is 9.47 Å². The van der Waals surface area contributed by atoms with Gasteiger partial charge in [-0.3, -0.25) is 4.90 Å². The number of likely N-dealkylation sites (tertiary alicyclic amines) is 1. The Morgan fingerprint density at radius 1 is 1.26 bits per heavy atom. The summed E-state index contributed by atoms with van der Waals surface area (Å²) in [5.74, 6) is 2.27. The summed E-state index contributed by atoms with van der Waals surface area (Å²) in [6, 6.07) is 6.41. The molecular weight excluding hydrogens is 344 g/mol. The van der Waals surface area contributed by atoms with Crippen molar-refractivity contribution < 1.29 is 19.0 Å². The second kappa shape index (κ2) is 7.80. The molecule has 3 rings (SSSR count). The predicted octanol–water partition coefficient (Wildman–Crippen LogP) is 3.41. The number of hydrogen-bond acceptors (Lipinski definition) is 5. The zero-order valence-electron chi connectivity index (χ0n) is 16.9. The molecule has 1 aliphatic heterocycles. The summed E-state index contributed by atoms with van der Waals surface area (Å²) < 4.78 is 16.6. The van der Waals surface area contributed by atoms with Crippen LogP contribution in [0.1, 0.15) is 31.7 Å². The average Bonchev–Trinajstić information content (AvgIpc) is 3.04. The molecule has 1 heterocycles. The molecule has 0 unspecified atom stereocenters. The van der Waals surface area contributed by atoms with E-state index in [0.717, 1.165) is 43.1 Å². The molecule has 2 atom stereocenters. The van der Waals surface area contributed by atoms with Crippen molar-refractivity contribution in [3.63, 3.8) is 0 Å². The summed E-state index contributed by atoms with van der Waals surface area (Å²) in [6.45, 7) is 3.57. The summed E-state index contributed by atoms with van der Waals surface area (Å²) in [5, 5.41) is 0. The zero-order valence-corrected chi connectivity index (χ0v) is 16.9. The molecule has 0 N–H and O–H groups in total. The van der Waals surface area contributed by atoms with Gasteiger partial charge >= 0.3 is 6.09 Å². The van der Waals surface area contributed by atoms with Crippen LogP contribution in [0.15, 0.2) is 30.0 Å². The lowest BCUT2D eigenvalue weighted by atomic mass is 9.68. The third-order valence-electron chi connectivity index (χ3n) is 6.08. The zero-order chi connectivity index (χ0) is 19.6. The molecule has 0 saturated carbocycles. The maximum absolute atomic E-state index is 12.1. The van der Waals surface area contributed by atoms with E-state index in [9.17, 15) is 4.79 Å². The van der Waals surface area contributed by atoms with Crippen LogP contribution in [0.3, 0.4) is 0 Å². The van der Waals surface area contributed by atoms with Gasteiger partial charge in [-0.25, -0.2) is 4.79 Å². The largest absolute Gasteiger partial charge is 0.493 e. The van der Waals surface area contributed by atoms with Crippen LogP contribution in [0, 0.1) is 0 Å². The summed E-state index contributed by atoms with van der Waals surface area (Å²) in [4.78, 5) is 16.1. The van der Waals surface area contributed by atoms with Crippen LogP contribution in [0.2, 0.25) is 0 Å². The van der Waals surface area contributed by atoms with Crippen molar-refractivity contribution in [1.29, 1.82) is 0 Å². The minimum Gasteiger partial charge on any atom is -0.493 e. The maximum atomic E-state index is 12.1. The smallest absolute Gasteiger partial charge is 0.414 e. The van der Waals surface area contributed by atoms with Gasteiger partial charge in [-0.2, -0.15) is 0 Å². The lowest BCUT2D eigenvalue weighted by molar-refractivity contribution is 0.129. The van der Waals surface area contributed by atoms with Crippen LogP contribution in [-0.2, 0) is 10.2 Å². The summed E-state index contributed by atoms with van der Waals surface area (Å²) in [6.07, 6.45) is 4.60. The Kier molecular flexibility index (Phi) is 5.65. The Hall–Kier alpha value is -2.21. The Bertz CT molecular complexity index is 733. The molecule has 0 spiro atoms. The molecule has 6 heteroatoms. The first-order chi connectivity index (χ1) is 12.9. The Balaban J connectivity index is 1.91. The first-order valence-electron chi connectivity index (χ1n) is 9.51. The monoisotopic (exact) mass is 374 g/mol. The highest BCUT2D eigenvalue weighted by molar-refractivity contribution is 5.68. The van der Waals surface area contributed by atoms with Gasteiger partial charge in [-0.15, -0.1) is 0 Å². The minimum atomic E-state index is -0.289. The molecule has 27 heavy (non-hydrogen) atoms. The summed E-state index contributed by atoms with van der Waals surface area (Å²) in [7, 11) is 7.20. The fourth-order valence-corrected chi connectivity index (χ4v) is 4.26. The van der Waals surface area contributed by atoms with Crippen molar-refractivity contribution in [2.24, 2.45) is 0 Å². The van der Waals surface area contributed by atoms with Crippen molar-refractivity contribution in [3.8, 4) is 11.5 Å². The van der Waals surface area contributed by atoms with Crippen LogP contribution in [0.25, 0.3) is 0 Å². The van der Waals surface area contributed by atoms with Crippen molar-refractivity contribution >= 4 is 6.09 Å². The van der Waals surface area contributed by atoms with Crippen LogP contribution in [0.4, 0.5) is 4.79 Å². The number of hydrogen-bond donors (Lipinski definition) is 0. The van der Waals surface area contributed by atoms with Crippen LogP contribution >= 0.6 is 0 Å².